The molecular weight excluding hydrogens is 419 g/mol. The third-order valence-corrected chi connectivity index (χ3v) is 6.15. The molecule has 0 saturated heterocycles. The highest BCUT2D eigenvalue weighted by molar-refractivity contribution is 7.92. The van der Waals surface area contributed by atoms with Crippen LogP contribution in [0.25, 0.3) is 11.0 Å². The van der Waals surface area contributed by atoms with Crippen LogP contribution in [0, 0.1) is 5.82 Å². The van der Waals surface area contributed by atoms with Crippen LogP contribution in [0.5, 0.6) is 0 Å². The molecular formula is C23H19FN2O4S. The number of carbonyl (C=O) groups is 1. The SMILES string of the molecule is CC(NC(=O)c1ccc(S(=O)(=O)Nc2ccccc2F)cc1)c1cc2ccccc2o1. The molecule has 0 aliphatic heterocycles. The normalized spacial score (nSPS) is 12.5. The van der Waals surface area contributed by atoms with E-state index in [1.165, 1.54) is 42.5 Å². The second-order valence-electron chi connectivity index (χ2n) is 6.99. The zero-order valence-electron chi connectivity index (χ0n) is 16.5. The lowest BCUT2D eigenvalue weighted by atomic mass is 10.1. The molecule has 158 valence electrons. The van der Waals surface area contributed by atoms with Gasteiger partial charge >= 0.3 is 0 Å². The summed E-state index contributed by atoms with van der Waals surface area (Å²) >= 11 is 0. The van der Waals surface area contributed by atoms with Crippen LogP contribution in [0.1, 0.15) is 29.1 Å². The van der Waals surface area contributed by atoms with Gasteiger partial charge in [-0.15, -0.1) is 0 Å². The van der Waals surface area contributed by atoms with E-state index in [2.05, 4.69) is 10.0 Å². The van der Waals surface area contributed by atoms with Gasteiger partial charge in [0.1, 0.15) is 17.2 Å². The fourth-order valence-electron chi connectivity index (χ4n) is 3.10. The van der Waals surface area contributed by atoms with Crippen LogP contribution in [0.2, 0.25) is 0 Å². The molecule has 0 bridgehead atoms. The minimum atomic E-state index is -4.00. The number of benzene rings is 3. The largest absolute Gasteiger partial charge is 0.459 e. The second kappa shape index (κ2) is 8.23. The highest BCUT2D eigenvalue weighted by Crippen LogP contribution is 2.24. The third-order valence-electron chi connectivity index (χ3n) is 4.76. The molecule has 6 nitrogen and oxygen atoms in total. The van der Waals surface area contributed by atoms with Crippen molar-refractivity contribution < 1.29 is 22.0 Å². The molecule has 0 radical (unpaired) electrons. The van der Waals surface area contributed by atoms with Gasteiger partial charge in [0.2, 0.25) is 0 Å². The maximum absolute atomic E-state index is 13.7. The van der Waals surface area contributed by atoms with E-state index in [-0.39, 0.29) is 28.1 Å². The van der Waals surface area contributed by atoms with Crippen molar-refractivity contribution in [2.24, 2.45) is 0 Å². The monoisotopic (exact) mass is 438 g/mol. The summed E-state index contributed by atoms with van der Waals surface area (Å²) in [7, 11) is -4.00. The van der Waals surface area contributed by atoms with E-state index >= 15 is 0 Å². The van der Waals surface area contributed by atoms with Crippen LogP contribution in [-0.4, -0.2) is 14.3 Å². The predicted octanol–water partition coefficient (Wildman–Crippen LogP) is 4.86. The predicted molar refractivity (Wildman–Crippen MR) is 116 cm³/mol. The smallest absolute Gasteiger partial charge is 0.261 e. The van der Waals surface area contributed by atoms with Crippen LogP contribution in [-0.2, 0) is 10.0 Å². The van der Waals surface area contributed by atoms with Gasteiger partial charge in [0.05, 0.1) is 16.6 Å². The molecule has 0 saturated carbocycles. The van der Waals surface area contributed by atoms with Crippen molar-refractivity contribution in [1.29, 1.82) is 0 Å². The number of para-hydroxylation sites is 2. The molecule has 1 atom stereocenters. The Bertz CT molecular complexity index is 1310. The number of halogens is 1. The summed E-state index contributed by atoms with van der Waals surface area (Å²) in [5, 5.41) is 3.77. The van der Waals surface area contributed by atoms with Crippen molar-refractivity contribution in [2.45, 2.75) is 17.9 Å². The molecule has 0 aliphatic rings. The van der Waals surface area contributed by atoms with Gasteiger partial charge in [0.25, 0.3) is 15.9 Å². The van der Waals surface area contributed by atoms with E-state index in [9.17, 15) is 17.6 Å². The topological polar surface area (TPSA) is 88.4 Å². The lowest BCUT2D eigenvalue weighted by Gasteiger charge is -2.12. The highest BCUT2D eigenvalue weighted by atomic mass is 32.2. The Balaban J connectivity index is 1.47. The molecule has 1 amide bonds. The number of fused-ring (bicyclic) bond motifs is 1. The second-order valence-corrected chi connectivity index (χ2v) is 8.67. The van der Waals surface area contributed by atoms with E-state index in [0.717, 1.165) is 17.0 Å². The van der Waals surface area contributed by atoms with Gasteiger partial charge in [-0.3, -0.25) is 9.52 Å². The number of anilines is 1. The van der Waals surface area contributed by atoms with Crippen molar-refractivity contribution in [3.05, 3.63) is 96.0 Å². The molecule has 8 heteroatoms. The molecule has 1 aromatic heterocycles. The van der Waals surface area contributed by atoms with Gasteiger partial charge in [-0.1, -0.05) is 30.3 Å². The van der Waals surface area contributed by atoms with E-state index in [1.807, 2.05) is 30.3 Å². The Morgan fingerprint density at radius 1 is 0.968 bits per heavy atom. The quantitative estimate of drug-likeness (QED) is 0.450. The Morgan fingerprint density at radius 2 is 1.65 bits per heavy atom. The fraction of sp³-hybridized carbons (Fsp3) is 0.0870. The van der Waals surface area contributed by atoms with Crippen molar-refractivity contribution in [2.75, 3.05) is 4.72 Å². The van der Waals surface area contributed by atoms with E-state index in [1.54, 1.807) is 6.92 Å². The Kier molecular flexibility index (Phi) is 5.48. The molecule has 31 heavy (non-hydrogen) atoms. The van der Waals surface area contributed by atoms with Crippen LogP contribution in [0.4, 0.5) is 10.1 Å². The molecule has 4 aromatic rings. The summed E-state index contributed by atoms with van der Waals surface area (Å²) in [6.07, 6.45) is 0. The van der Waals surface area contributed by atoms with Gasteiger partial charge in [0.15, 0.2) is 0 Å². The molecule has 0 aliphatic carbocycles. The first kappa shape index (κ1) is 20.6. The number of amides is 1. The highest BCUT2D eigenvalue weighted by Gasteiger charge is 2.19. The van der Waals surface area contributed by atoms with E-state index in [0.29, 0.717) is 5.76 Å². The molecule has 2 N–H and O–H groups in total. The number of carbonyl (C=O) groups excluding carboxylic acids is 1. The summed E-state index contributed by atoms with van der Waals surface area (Å²) in [5.41, 5.74) is 0.868. The molecule has 1 unspecified atom stereocenters. The van der Waals surface area contributed by atoms with Crippen molar-refractivity contribution in [3.63, 3.8) is 0 Å². The first-order valence-electron chi connectivity index (χ1n) is 9.50. The van der Waals surface area contributed by atoms with Crippen LogP contribution < -0.4 is 10.0 Å². The van der Waals surface area contributed by atoms with Crippen molar-refractivity contribution >= 4 is 32.6 Å². The molecule has 0 spiro atoms. The van der Waals surface area contributed by atoms with Gasteiger partial charge in [-0.25, -0.2) is 12.8 Å². The first-order valence-corrected chi connectivity index (χ1v) is 11.0. The van der Waals surface area contributed by atoms with Gasteiger partial charge in [0, 0.05) is 10.9 Å². The van der Waals surface area contributed by atoms with Crippen LogP contribution in [0.3, 0.4) is 0 Å². The average molecular weight is 438 g/mol. The summed E-state index contributed by atoms with van der Waals surface area (Å²) in [5.74, 6) is -0.441. The van der Waals surface area contributed by atoms with Crippen LogP contribution in [0.15, 0.2) is 88.2 Å². The summed E-state index contributed by atoms with van der Waals surface area (Å²) in [6, 6.07) is 19.9. The Hall–Kier alpha value is -3.65. The third kappa shape index (κ3) is 4.44. The van der Waals surface area contributed by atoms with Gasteiger partial charge < -0.3 is 9.73 Å². The number of nitrogens with one attached hydrogen (secondary N) is 2. The van der Waals surface area contributed by atoms with Crippen molar-refractivity contribution in [1.82, 2.24) is 5.32 Å². The molecule has 3 aromatic carbocycles. The number of rotatable bonds is 6. The summed E-state index contributed by atoms with van der Waals surface area (Å²) in [4.78, 5) is 12.5. The number of sulfonamides is 1. The Labute approximate surface area is 178 Å². The summed E-state index contributed by atoms with van der Waals surface area (Å²) in [6.45, 7) is 1.80. The lowest BCUT2D eigenvalue weighted by Crippen LogP contribution is -2.26. The zero-order chi connectivity index (χ0) is 22.0. The minimum Gasteiger partial charge on any atom is -0.459 e. The standard InChI is InChI=1S/C23H19FN2O4S/c1-15(22-14-17-6-2-5-9-21(17)30-22)25-23(27)16-10-12-18(13-11-16)31(28,29)26-20-8-4-3-7-19(20)24/h2-15,26H,1H3,(H,25,27). The Morgan fingerprint density at radius 3 is 2.35 bits per heavy atom. The zero-order valence-corrected chi connectivity index (χ0v) is 17.3. The van der Waals surface area contributed by atoms with Crippen molar-refractivity contribution in [3.8, 4) is 0 Å². The van der Waals surface area contributed by atoms with E-state index in [4.69, 9.17) is 4.42 Å². The minimum absolute atomic E-state index is 0.0855. The molecule has 1 heterocycles. The first-order chi connectivity index (χ1) is 14.8. The van der Waals surface area contributed by atoms with Gasteiger partial charge in [-0.2, -0.15) is 0 Å². The maximum Gasteiger partial charge on any atom is 0.261 e. The fourth-order valence-corrected chi connectivity index (χ4v) is 4.17. The van der Waals surface area contributed by atoms with Gasteiger partial charge in [-0.05, 0) is 55.5 Å². The summed E-state index contributed by atoms with van der Waals surface area (Å²) < 4.78 is 46.7. The lowest BCUT2D eigenvalue weighted by molar-refractivity contribution is 0.0935. The number of hydrogen-bond acceptors (Lipinski definition) is 4. The molecule has 4 rings (SSSR count). The van der Waals surface area contributed by atoms with E-state index < -0.39 is 15.8 Å². The van der Waals surface area contributed by atoms with Crippen LogP contribution >= 0.6 is 0 Å². The number of furan rings is 1. The maximum atomic E-state index is 13.7. The number of hydrogen-bond donors (Lipinski definition) is 2. The molecule has 0 fully saturated rings. The average Bonchev–Trinajstić information content (AvgIpc) is 3.20.